The zero-order valence-corrected chi connectivity index (χ0v) is 15.2. The summed E-state index contributed by atoms with van der Waals surface area (Å²) in [6.07, 6.45) is 1.91. The molecule has 5 heteroatoms. The minimum atomic E-state index is 0.282. The molecule has 0 fully saturated rings. The Hall–Kier alpha value is -2.37. The van der Waals surface area contributed by atoms with Crippen LogP contribution in [0.25, 0.3) is 11.3 Å². The second-order valence-electron chi connectivity index (χ2n) is 6.69. The highest BCUT2D eigenvalue weighted by Gasteiger charge is 2.22. The zero-order chi connectivity index (χ0) is 17.3. The lowest BCUT2D eigenvalue weighted by atomic mass is 9.96. The Labute approximate surface area is 156 Å². The number of nitrogens with zero attached hydrogens (tertiary/aromatic N) is 1. The van der Waals surface area contributed by atoms with Crippen molar-refractivity contribution in [3.8, 4) is 22.8 Å². The zero-order valence-electron chi connectivity index (χ0n) is 14.4. The van der Waals surface area contributed by atoms with Crippen molar-refractivity contribution in [1.29, 1.82) is 0 Å². The number of benzene rings is 2. The van der Waals surface area contributed by atoms with Crippen molar-refractivity contribution in [2.45, 2.75) is 25.4 Å². The van der Waals surface area contributed by atoms with Gasteiger partial charge in [0.25, 0.3) is 0 Å². The summed E-state index contributed by atoms with van der Waals surface area (Å²) in [5.74, 6) is 1.64. The van der Waals surface area contributed by atoms with Crippen LogP contribution in [0.1, 0.15) is 28.6 Å². The molecule has 0 aliphatic carbocycles. The lowest BCUT2D eigenvalue weighted by Gasteiger charge is -2.24. The Kier molecular flexibility index (Phi) is 4.11. The molecule has 0 saturated heterocycles. The molecule has 4 nitrogen and oxygen atoms in total. The van der Waals surface area contributed by atoms with Gasteiger partial charge in [0, 0.05) is 23.9 Å². The van der Waals surface area contributed by atoms with Crippen LogP contribution in [0.15, 0.2) is 47.8 Å². The maximum atomic E-state index is 5.81. The first-order chi connectivity index (χ1) is 12.9. The fourth-order valence-corrected chi connectivity index (χ4v) is 4.43. The van der Waals surface area contributed by atoms with Gasteiger partial charge in [0.2, 0.25) is 0 Å². The van der Waals surface area contributed by atoms with Gasteiger partial charge in [-0.05, 0) is 35.7 Å². The highest BCUT2D eigenvalue weighted by atomic mass is 32.1. The molecule has 0 amide bonds. The third kappa shape index (κ3) is 2.97. The smallest absolute Gasteiger partial charge is 0.161 e. The minimum absolute atomic E-state index is 0.282. The van der Waals surface area contributed by atoms with Gasteiger partial charge in [-0.2, -0.15) is 0 Å². The van der Waals surface area contributed by atoms with Gasteiger partial charge in [0.05, 0.1) is 24.9 Å². The predicted molar refractivity (Wildman–Crippen MR) is 103 cm³/mol. The van der Waals surface area contributed by atoms with E-state index in [9.17, 15) is 0 Å². The van der Waals surface area contributed by atoms with Gasteiger partial charge >= 0.3 is 0 Å². The summed E-state index contributed by atoms with van der Waals surface area (Å²) in [7, 11) is 0. The van der Waals surface area contributed by atoms with Crippen molar-refractivity contribution in [2.75, 3.05) is 13.2 Å². The molecule has 0 bridgehead atoms. The summed E-state index contributed by atoms with van der Waals surface area (Å²) in [4.78, 5) is 4.91. The van der Waals surface area contributed by atoms with E-state index in [4.69, 9.17) is 14.5 Å². The van der Waals surface area contributed by atoms with Crippen molar-refractivity contribution < 1.29 is 9.47 Å². The molecule has 1 aromatic heterocycles. The van der Waals surface area contributed by atoms with Crippen LogP contribution < -0.4 is 14.8 Å². The Balaban J connectivity index is 1.40. The molecule has 5 rings (SSSR count). The molecule has 0 spiro atoms. The first-order valence-corrected chi connectivity index (χ1v) is 9.90. The first-order valence-electron chi connectivity index (χ1n) is 9.02. The number of hydrogen-bond acceptors (Lipinski definition) is 5. The number of aromatic nitrogens is 1. The van der Waals surface area contributed by atoms with Crippen LogP contribution in [0.5, 0.6) is 11.5 Å². The molecule has 2 aliphatic rings. The average Bonchev–Trinajstić information content (AvgIpc) is 3.07. The van der Waals surface area contributed by atoms with Crippen LogP contribution >= 0.6 is 11.3 Å². The van der Waals surface area contributed by atoms with E-state index < -0.39 is 0 Å². The molecule has 2 aliphatic heterocycles. The Bertz CT molecular complexity index is 937. The van der Waals surface area contributed by atoms with Crippen molar-refractivity contribution in [2.24, 2.45) is 0 Å². The molecular formula is C21H20N2O2S. The van der Waals surface area contributed by atoms with E-state index in [1.807, 2.05) is 12.1 Å². The van der Waals surface area contributed by atoms with E-state index >= 15 is 0 Å². The van der Waals surface area contributed by atoms with Crippen LogP contribution in [-0.4, -0.2) is 18.2 Å². The third-order valence-corrected chi connectivity index (χ3v) is 5.90. The lowest BCUT2D eigenvalue weighted by molar-refractivity contribution is 0.297. The summed E-state index contributed by atoms with van der Waals surface area (Å²) >= 11 is 1.72. The van der Waals surface area contributed by atoms with Gasteiger partial charge in [0.1, 0.15) is 5.01 Å². The number of rotatable bonds is 2. The van der Waals surface area contributed by atoms with Crippen molar-refractivity contribution in [3.63, 3.8) is 0 Å². The molecule has 3 heterocycles. The second-order valence-corrected chi connectivity index (χ2v) is 7.58. The standard InChI is InChI=1S/C21H20N2O2S/c1-2-5-16-12-22-17(10-14(16)4-1)21-23-18(13-26-21)15-6-7-19-20(11-15)25-9-3-8-24-19/h1-2,4-7,11,13,17,22H,3,8-10,12H2. The average molecular weight is 364 g/mol. The molecule has 132 valence electrons. The molecule has 2 aromatic carbocycles. The Morgan fingerprint density at radius 1 is 1.00 bits per heavy atom. The molecule has 1 unspecified atom stereocenters. The van der Waals surface area contributed by atoms with Crippen LogP contribution in [0.3, 0.4) is 0 Å². The molecule has 1 N–H and O–H groups in total. The van der Waals surface area contributed by atoms with E-state index in [-0.39, 0.29) is 6.04 Å². The van der Waals surface area contributed by atoms with Gasteiger partial charge in [-0.15, -0.1) is 11.3 Å². The van der Waals surface area contributed by atoms with E-state index in [1.54, 1.807) is 11.3 Å². The normalized spacial score (nSPS) is 18.8. The highest BCUT2D eigenvalue weighted by molar-refractivity contribution is 7.10. The van der Waals surface area contributed by atoms with Crippen molar-refractivity contribution in [1.82, 2.24) is 10.3 Å². The lowest BCUT2D eigenvalue weighted by Crippen LogP contribution is -2.28. The van der Waals surface area contributed by atoms with Gasteiger partial charge in [-0.1, -0.05) is 24.3 Å². The molecule has 0 radical (unpaired) electrons. The van der Waals surface area contributed by atoms with E-state index in [0.717, 1.165) is 47.2 Å². The van der Waals surface area contributed by atoms with Crippen LogP contribution in [0, 0.1) is 0 Å². The molecule has 0 saturated carbocycles. The van der Waals surface area contributed by atoms with E-state index in [0.29, 0.717) is 13.2 Å². The summed E-state index contributed by atoms with van der Waals surface area (Å²) in [6.45, 7) is 2.31. The monoisotopic (exact) mass is 364 g/mol. The van der Waals surface area contributed by atoms with Crippen LogP contribution in [0.4, 0.5) is 0 Å². The molecule has 3 aromatic rings. The summed E-state index contributed by atoms with van der Waals surface area (Å²) in [6, 6.07) is 15.0. The van der Waals surface area contributed by atoms with Crippen LogP contribution in [0.2, 0.25) is 0 Å². The quantitative estimate of drug-likeness (QED) is 0.734. The summed E-state index contributed by atoms with van der Waals surface area (Å²) in [5.41, 5.74) is 4.89. The summed E-state index contributed by atoms with van der Waals surface area (Å²) < 4.78 is 11.5. The fraction of sp³-hybridized carbons (Fsp3) is 0.286. The van der Waals surface area contributed by atoms with Gasteiger partial charge < -0.3 is 14.8 Å². The molecular weight excluding hydrogens is 344 g/mol. The Morgan fingerprint density at radius 2 is 1.85 bits per heavy atom. The highest BCUT2D eigenvalue weighted by Crippen LogP contribution is 2.36. The number of fused-ring (bicyclic) bond motifs is 2. The Morgan fingerprint density at radius 3 is 2.77 bits per heavy atom. The second kappa shape index (κ2) is 6.74. The predicted octanol–water partition coefficient (Wildman–Crippen LogP) is 4.36. The van der Waals surface area contributed by atoms with Gasteiger partial charge in [0.15, 0.2) is 11.5 Å². The summed E-state index contributed by atoms with van der Waals surface area (Å²) in [5, 5.41) is 6.89. The largest absolute Gasteiger partial charge is 0.490 e. The maximum Gasteiger partial charge on any atom is 0.161 e. The minimum Gasteiger partial charge on any atom is -0.490 e. The van der Waals surface area contributed by atoms with Gasteiger partial charge in [-0.25, -0.2) is 4.98 Å². The van der Waals surface area contributed by atoms with E-state index in [1.165, 1.54) is 11.1 Å². The molecule has 1 atom stereocenters. The molecule has 26 heavy (non-hydrogen) atoms. The van der Waals surface area contributed by atoms with Crippen molar-refractivity contribution in [3.05, 3.63) is 64.0 Å². The van der Waals surface area contributed by atoms with E-state index in [2.05, 4.69) is 41.0 Å². The number of ether oxygens (including phenoxy) is 2. The number of hydrogen-bond donors (Lipinski definition) is 1. The topological polar surface area (TPSA) is 43.4 Å². The first kappa shape index (κ1) is 15.9. The van der Waals surface area contributed by atoms with Crippen molar-refractivity contribution >= 4 is 11.3 Å². The van der Waals surface area contributed by atoms with Gasteiger partial charge in [-0.3, -0.25) is 0 Å². The number of nitrogens with one attached hydrogen (secondary N) is 1. The fourth-order valence-electron chi connectivity index (χ4n) is 3.53. The third-order valence-electron chi connectivity index (χ3n) is 4.94. The SMILES string of the molecule is c1ccc2c(c1)CNC(c1nc(-c3ccc4c(c3)OCCCO4)cs1)C2. The van der Waals surface area contributed by atoms with Crippen LogP contribution in [-0.2, 0) is 13.0 Å². The maximum absolute atomic E-state index is 5.81. The number of thiazole rings is 1.